The summed E-state index contributed by atoms with van der Waals surface area (Å²) in [7, 11) is 1.61. The molecule has 0 heterocycles. The molecule has 0 amide bonds. The number of nitrogens with two attached hydrogens (primary N) is 1. The molecule has 0 radical (unpaired) electrons. The van der Waals surface area contributed by atoms with E-state index in [0.717, 1.165) is 24.2 Å². The minimum absolute atomic E-state index is 0.0221. The minimum atomic E-state index is -4.78. The van der Waals surface area contributed by atoms with Crippen LogP contribution in [0.15, 0.2) is 53.5 Å². The Morgan fingerprint density at radius 1 is 1.15 bits per heavy atom. The van der Waals surface area contributed by atoms with Crippen molar-refractivity contribution in [3.8, 4) is 11.5 Å². The molecule has 0 spiro atoms. The number of aryl methyl sites for hydroxylation is 1. The lowest BCUT2D eigenvalue weighted by molar-refractivity contribution is -0.274. The van der Waals surface area contributed by atoms with Crippen LogP contribution in [-0.2, 0) is 6.42 Å². The van der Waals surface area contributed by atoms with Crippen molar-refractivity contribution in [2.45, 2.75) is 19.2 Å². The fourth-order valence-electron chi connectivity index (χ4n) is 2.27. The Balaban J connectivity index is 1.88. The van der Waals surface area contributed by atoms with E-state index in [4.69, 9.17) is 10.5 Å². The fourth-order valence-corrected chi connectivity index (χ4v) is 2.27. The van der Waals surface area contributed by atoms with Gasteiger partial charge in [0.1, 0.15) is 5.75 Å². The van der Waals surface area contributed by atoms with Crippen LogP contribution in [0.4, 0.5) is 18.9 Å². The predicted octanol–water partition coefficient (Wildman–Crippen LogP) is 3.95. The first-order chi connectivity index (χ1) is 12.4. The monoisotopic (exact) mass is 367 g/mol. The van der Waals surface area contributed by atoms with Crippen LogP contribution in [0.2, 0.25) is 0 Å². The van der Waals surface area contributed by atoms with Gasteiger partial charge in [-0.2, -0.15) is 0 Å². The van der Waals surface area contributed by atoms with Gasteiger partial charge in [0.25, 0.3) is 0 Å². The number of hydrogen-bond acceptors (Lipinski definition) is 3. The first kappa shape index (κ1) is 19.4. The second kappa shape index (κ2) is 8.98. The maximum atomic E-state index is 12.4. The number of methoxy groups -OCH3 is 1. The van der Waals surface area contributed by atoms with Crippen LogP contribution in [-0.4, -0.2) is 26.0 Å². The molecule has 0 fully saturated rings. The van der Waals surface area contributed by atoms with E-state index in [1.165, 1.54) is 18.2 Å². The first-order valence-electron chi connectivity index (χ1n) is 7.92. The third-order valence-corrected chi connectivity index (χ3v) is 3.42. The fraction of sp³-hybridized carbons (Fsp3) is 0.278. The Morgan fingerprint density at radius 3 is 2.65 bits per heavy atom. The molecule has 0 saturated carbocycles. The zero-order valence-electron chi connectivity index (χ0n) is 14.2. The van der Waals surface area contributed by atoms with Gasteiger partial charge in [0.15, 0.2) is 11.7 Å². The first-order valence-corrected chi connectivity index (χ1v) is 7.92. The minimum Gasteiger partial charge on any atom is -0.497 e. The molecule has 0 saturated heterocycles. The molecular weight excluding hydrogens is 347 g/mol. The van der Waals surface area contributed by atoms with Crippen LogP contribution in [0.3, 0.4) is 0 Å². The summed E-state index contributed by atoms with van der Waals surface area (Å²) in [5, 5.41) is 2.63. The van der Waals surface area contributed by atoms with Crippen molar-refractivity contribution in [1.82, 2.24) is 0 Å². The van der Waals surface area contributed by atoms with E-state index in [9.17, 15) is 13.2 Å². The number of benzene rings is 2. The standard InChI is InChI=1S/C18H20F3N3O2/c1-25-14-8-4-6-13(12-14)7-5-11-23-17(22)24-15-9-2-3-10-16(15)26-18(19,20)21/h2-4,6,8-10,12H,5,7,11H2,1H3,(H3,22,23,24). The zero-order valence-corrected chi connectivity index (χ0v) is 14.2. The molecule has 0 aliphatic carbocycles. The van der Waals surface area contributed by atoms with Gasteiger partial charge < -0.3 is 20.5 Å². The van der Waals surface area contributed by atoms with Gasteiger partial charge in [-0.1, -0.05) is 24.3 Å². The maximum absolute atomic E-state index is 12.4. The van der Waals surface area contributed by atoms with E-state index in [0.29, 0.717) is 6.54 Å². The molecular formula is C18H20F3N3O2. The molecule has 0 unspecified atom stereocenters. The Morgan fingerprint density at radius 2 is 1.92 bits per heavy atom. The number of aliphatic imine (C=N–C) groups is 1. The van der Waals surface area contributed by atoms with Gasteiger partial charge in [0, 0.05) is 6.54 Å². The summed E-state index contributed by atoms with van der Waals surface area (Å²) in [6.07, 6.45) is -3.27. The molecule has 2 aromatic carbocycles. The molecule has 8 heteroatoms. The van der Waals surface area contributed by atoms with E-state index < -0.39 is 6.36 Å². The number of alkyl halides is 3. The van der Waals surface area contributed by atoms with Crippen molar-refractivity contribution in [2.24, 2.45) is 10.7 Å². The lowest BCUT2D eigenvalue weighted by Gasteiger charge is -2.14. The summed E-state index contributed by atoms with van der Waals surface area (Å²) in [6, 6.07) is 13.3. The molecule has 2 aromatic rings. The van der Waals surface area contributed by atoms with Crippen molar-refractivity contribution >= 4 is 11.6 Å². The van der Waals surface area contributed by atoms with Crippen LogP contribution in [0.5, 0.6) is 11.5 Å². The summed E-state index contributed by atoms with van der Waals surface area (Å²) in [6.45, 7) is 0.429. The second-order valence-electron chi connectivity index (χ2n) is 5.39. The molecule has 2 rings (SSSR count). The topological polar surface area (TPSA) is 68.9 Å². The largest absolute Gasteiger partial charge is 0.573 e. The van der Waals surface area contributed by atoms with E-state index in [1.54, 1.807) is 13.2 Å². The Labute approximate surface area is 149 Å². The highest BCUT2D eigenvalue weighted by Gasteiger charge is 2.32. The highest BCUT2D eigenvalue weighted by Crippen LogP contribution is 2.29. The number of hydrogen-bond donors (Lipinski definition) is 2. The SMILES string of the molecule is COc1cccc(CCCN=C(N)Nc2ccccc2OC(F)(F)F)c1. The highest BCUT2D eigenvalue weighted by atomic mass is 19.4. The molecule has 26 heavy (non-hydrogen) atoms. The van der Waals surface area contributed by atoms with Gasteiger partial charge >= 0.3 is 6.36 Å². The van der Waals surface area contributed by atoms with Crippen LogP contribution < -0.4 is 20.5 Å². The molecule has 140 valence electrons. The Bertz CT molecular complexity index is 748. The van der Waals surface area contributed by atoms with Gasteiger partial charge in [-0.25, -0.2) is 0 Å². The van der Waals surface area contributed by atoms with E-state index in [-0.39, 0.29) is 17.4 Å². The van der Waals surface area contributed by atoms with Gasteiger partial charge in [-0.3, -0.25) is 4.99 Å². The Hall–Kier alpha value is -2.90. The van der Waals surface area contributed by atoms with Gasteiger partial charge in [-0.05, 0) is 42.7 Å². The predicted molar refractivity (Wildman–Crippen MR) is 94.6 cm³/mol. The quantitative estimate of drug-likeness (QED) is 0.442. The summed E-state index contributed by atoms with van der Waals surface area (Å²) in [5.74, 6) is 0.442. The molecule has 0 aliphatic rings. The average Bonchev–Trinajstić information content (AvgIpc) is 2.59. The number of rotatable bonds is 7. The number of halogens is 3. The van der Waals surface area contributed by atoms with Crippen LogP contribution in [0.25, 0.3) is 0 Å². The normalized spacial score (nSPS) is 11.9. The number of ether oxygens (including phenoxy) is 2. The summed E-state index contributed by atoms with van der Waals surface area (Å²) < 4.78 is 46.3. The third kappa shape index (κ3) is 6.54. The zero-order chi connectivity index (χ0) is 19.0. The number of nitrogens with one attached hydrogen (secondary N) is 1. The van der Waals surface area contributed by atoms with Crippen LogP contribution in [0, 0.1) is 0 Å². The van der Waals surface area contributed by atoms with Gasteiger partial charge in [-0.15, -0.1) is 13.2 Å². The van der Waals surface area contributed by atoms with Gasteiger partial charge in [0.2, 0.25) is 0 Å². The van der Waals surface area contributed by atoms with Crippen molar-refractivity contribution in [2.75, 3.05) is 19.0 Å². The summed E-state index contributed by atoms with van der Waals surface area (Å²) >= 11 is 0. The van der Waals surface area contributed by atoms with E-state index in [2.05, 4.69) is 15.0 Å². The van der Waals surface area contributed by atoms with Crippen molar-refractivity contribution in [3.05, 3.63) is 54.1 Å². The molecule has 0 bridgehead atoms. The van der Waals surface area contributed by atoms with Crippen LogP contribution >= 0.6 is 0 Å². The lowest BCUT2D eigenvalue weighted by atomic mass is 10.1. The second-order valence-corrected chi connectivity index (χ2v) is 5.39. The number of anilines is 1. The van der Waals surface area contributed by atoms with Crippen molar-refractivity contribution < 1.29 is 22.6 Å². The maximum Gasteiger partial charge on any atom is 0.573 e. The van der Waals surface area contributed by atoms with Crippen molar-refractivity contribution in [3.63, 3.8) is 0 Å². The molecule has 5 nitrogen and oxygen atoms in total. The van der Waals surface area contributed by atoms with E-state index in [1.807, 2.05) is 24.3 Å². The van der Waals surface area contributed by atoms with E-state index >= 15 is 0 Å². The number of guanidine groups is 1. The Kier molecular flexibility index (Phi) is 6.71. The third-order valence-electron chi connectivity index (χ3n) is 3.42. The average molecular weight is 367 g/mol. The van der Waals surface area contributed by atoms with Gasteiger partial charge in [0.05, 0.1) is 12.8 Å². The smallest absolute Gasteiger partial charge is 0.497 e. The lowest BCUT2D eigenvalue weighted by Crippen LogP contribution is -2.24. The van der Waals surface area contributed by atoms with Crippen LogP contribution in [0.1, 0.15) is 12.0 Å². The number of nitrogens with zero attached hydrogens (tertiary/aromatic N) is 1. The number of para-hydroxylation sites is 2. The molecule has 3 N–H and O–H groups in total. The molecule has 0 atom stereocenters. The molecule has 0 aromatic heterocycles. The van der Waals surface area contributed by atoms with Crippen molar-refractivity contribution in [1.29, 1.82) is 0 Å². The molecule has 0 aliphatic heterocycles. The highest BCUT2D eigenvalue weighted by molar-refractivity contribution is 5.93. The summed E-state index contributed by atoms with van der Waals surface area (Å²) in [4.78, 5) is 4.13. The summed E-state index contributed by atoms with van der Waals surface area (Å²) in [5.41, 5.74) is 6.95.